The van der Waals surface area contributed by atoms with Crippen molar-refractivity contribution in [2.24, 2.45) is 0 Å². The van der Waals surface area contributed by atoms with Crippen molar-refractivity contribution in [2.45, 2.75) is 26.7 Å². The van der Waals surface area contributed by atoms with E-state index in [2.05, 4.69) is 40.2 Å². The first-order valence-electron chi connectivity index (χ1n) is 12.9. The van der Waals surface area contributed by atoms with Gasteiger partial charge in [0.05, 0.1) is 31.0 Å². The third-order valence-electron chi connectivity index (χ3n) is 6.64. The summed E-state index contributed by atoms with van der Waals surface area (Å²) in [6.07, 6.45) is 3.14. The standard InChI is InChI=1S/C32H30N4O4/c1-19(2)21-8-6-9-23(14-21)36-31(37)22-12-11-20(3)27(15-22)40-32-24(10-7-13-33-32)30-25-16-28(38-4)29(39-5)17-26(25)34-18-35-30/h6-19H,1-5H3,(H,36,37). The molecule has 2 heterocycles. The topological polar surface area (TPSA) is 95.5 Å². The van der Waals surface area contributed by atoms with Crippen LogP contribution in [0, 0.1) is 6.92 Å². The Hall–Kier alpha value is -4.98. The third-order valence-corrected chi connectivity index (χ3v) is 6.64. The normalized spacial score (nSPS) is 10.9. The zero-order chi connectivity index (χ0) is 28.2. The molecule has 0 unspecified atom stereocenters. The first kappa shape index (κ1) is 26.6. The monoisotopic (exact) mass is 534 g/mol. The molecule has 5 aromatic rings. The summed E-state index contributed by atoms with van der Waals surface area (Å²) in [7, 11) is 3.16. The summed E-state index contributed by atoms with van der Waals surface area (Å²) >= 11 is 0. The van der Waals surface area contributed by atoms with Gasteiger partial charge in [-0.05, 0) is 66.4 Å². The fourth-order valence-electron chi connectivity index (χ4n) is 4.38. The van der Waals surface area contributed by atoms with Gasteiger partial charge in [0.15, 0.2) is 11.5 Å². The van der Waals surface area contributed by atoms with Crippen molar-refractivity contribution in [2.75, 3.05) is 19.5 Å². The first-order valence-corrected chi connectivity index (χ1v) is 12.9. The molecule has 0 aliphatic rings. The average Bonchev–Trinajstić information content (AvgIpc) is 2.97. The summed E-state index contributed by atoms with van der Waals surface area (Å²) in [5.41, 5.74) is 5.21. The largest absolute Gasteiger partial charge is 0.493 e. The molecule has 3 aromatic carbocycles. The highest BCUT2D eigenvalue weighted by atomic mass is 16.5. The number of aromatic nitrogens is 3. The fourth-order valence-corrected chi connectivity index (χ4v) is 4.38. The van der Waals surface area contributed by atoms with Gasteiger partial charge in [0.25, 0.3) is 5.91 Å². The van der Waals surface area contributed by atoms with E-state index < -0.39 is 0 Å². The van der Waals surface area contributed by atoms with Crippen LogP contribution in [0.4, 0.5) is 5.69 Å². The number of benzene rings is 3. The van der Waals surface area contributed by atoms with E-state index >= 15 is 0 Å². The van der Waals surface area contributed by atoms with Crippen LogP contribution in [0.1, 0.15) is 41.3 Å². The Morgan fingerprint density at radius 2 is 1.65 bits per heavy atom. The molecule has 8 nitrogen and oxygen atoms in total. The summed E-state index contributed by atoms with van der Waals surface area (Å²) in [5, 5.41) is 3.75. The Bertz CT molecular complexity index is 1700. The Labute approximate surface area is 233 Å². The molecule has 0 saturated heterocycles. The number of nitrogens with zero attached hydrogens (tertiary/aromatic N) is 3. The second-order valence-electron chi connectivity index (χ2n) is 9.62. The van der Waals surface area contributed by atoms with Crippen molar-refractivity contribution < 1.29 is 19.0 Å². The van der Waals surface area contributed by atoms with Crippen molar-refractivity contribution in [3.63, 3.8) is 0 Å². The third kappa shape index (κ3) is 5.42. The number of nitrogens with one attached hydrogen (secondary N) is 1. The zero-order valence-electron chi connectivity index (χ0n) is 23.1. The number of ether oxygens (including phenoxy) is 3. The van der Waals surface area contributed by atoms with Crippen LogP contribution >= 0.6 is 0 Å². The molecule has 0 aliphatic heterocycles. The highest BCUT2D eigenvalue weighted by Gasteiger charge is 2.18. The molecule has 0 saturated carbocycles. The van der Waals surface area contributed by atoms with E-state index in [0.29, 0.717) is 51.4 Å². The molecule has 1 N–H and O–H groups in total. The zero-order valence-corrected chi connectivity index (χ0v) is 23.1. The number of pyridine rings is 1. The van der Waals surface area contributed by atoms with E-state index in [1.165, 1.54) is 6.33 Å². The summed E-state index contributed by atoms with van der Waals surface area (Å²) in [6.45, 7) is 6.16. The minimum absolute atomic E-state index is 0.227. The molecule has 0 atom stereocenters. The average molecular weight is 535 g/mol. The van der Waals surface area contributed by atoms with E-state index in [9.17, 15) is 4.79 Å². The Morgan fingerprint density at radius 3 is 2.42 bits per heavy atom. The van der Waals surface area contributed by atoms with Crippen molar-refractivity contribution in [3.05, 3.63) is 95.9 Å². The summed E-state index contributed by atoms with van der Waals surface area (Å²) in [4.78, 5) is 26.6. The fraction of sp³-hybridized carbons (Fsp3) is 0.188. The predicted octanol–water partition coefficient (Wildman–Crippen LogP) is 7.19. The summed E-state index contributed by atoms with van der Waals surface area (Å²) in [5.74, 6) is 2.13. The molecule has 1 amide bonds. The van der Waals surface area contributed by atoms with Crippen molar-refractivity contribution in [3.8, 4) is 34.4 Å². The number of fused-ring (bicyclic) bond motifs is 1. The molecule has 5 rings (SSSR count). The van der Waals surface area contributed by atoms with Crippen LogP contribution in [0.2, 0.25) is 0 Å². The van der Waals surface area contributed by atoms with Crippen LogP contribution in [-0.4, -0.2) is 35.1 Å². The van der Waals surface area contributed by atoms with Gasteiger partial charge in [0.2, 0.25) is 5.88 Å². The first-order chi connectivity index (χ1) is 19.4. The highest BCUT2D eigenvalue weighted by molar-refractivity contribution is 6.04. The van der Waals surface area contributed by atoms with E-state index in [1.807, 2.05) is 49.4 Å². The van der Waals surface area contributed by atoms with Crippen LogP contribution in [0.3, 0.4) is 0 Å². The van der Waals surface area contributed by atoms with Crippen molar-refractivity contribution in [1.29, 1.82) is 0 Å². The van der Waals surface area contributed by atoms with Crippen molar-refractivity contribution in [1.82, 2.24) is 15.0 Å². The molecule has 40 heavy (non-hydrogen) atoms. The molecule has 202 valence electrons. The quantitative estimate of drug-likeness (QED) is 0.225. The summed E-state index contributed by atoms with van der Waals surface area (Å²) < 4.78 is 17.3. The molecule has 0 fully saturated rings. The molecular weight excluding hydrogens is 504 g/mol. The predicted molar refractivity (Wildman–Crippen MR) is 156 cm³/mol. The van der Waals surface area contributed by atoms with Crippen LogP contribution in [-0.2, 0) is 0 Å². The molecular formula is C32H30N4O4. The SMILES string of the molecule is COc1cc2ncnc(-c3cccnc3Oc3cc(C(=O)Nc4cccc(C(C)C)c4)ccc3C)c2cc1OC. The number of carbonyl (C=O) groups excluding carboxylic acids is 1. The Kier molecular flexibility index (Phi) is 7.59. The minimum atomic E-state index is -0.227. The van der Waals surface area contributed by atoms with E-state index in [0.717, 1.165) is 22.2 Å². The van der Waals surface area contributed by atoms with E-state index in [1.54, 1.807) is 38.6 Å². The number of rotatable bonds is 8. The second-order valence-corrected chi connectivity index (χ2v) is 9.62. The van der Waals surface area contributed by atoms with Gasteiger partial charge >= 0.3 is 0 Å². The van der Waals surface area contributed by atoms with Gasteiger partial charge in [-0.15, -0.1) is 0 Å². The molecule has 0 aliphatic carbocycles. The lowest BCUT2D eigenvalue weighted by molar-refractivity contribution is 0.102. The van der Waals surface area contributed by atoms with Gasteiger partial charge in [0.1, 0.15) is 12.1 Å². The van der Waals surface area contributed by atoms with Gasteiger partial charge in [-0.25, -0.2) is 15.0 Å². The summed E-state index contributed by atoms with van der Waals surface area (Å²) in [6, 6.07) is 20.6. The van der Waals surface area contributed by atoms with E-state index in [4.69, 9.17) is 14.2 Å². The van der Waals surface area contributed by atoms with Crippen LogP contribution in [0.25, 0.3) is 22.2 Å². The number of carbonyl (C=O) groups is 1. The Balaban J connectivity index is 1.48. The lowest BCUT2D eigenvalue weighted by atomic mass is 10.0. The molecule has 2 aromatic heterocycles. The van der Waals surface area contributed by atoms with Gasteiger partial charge in [-0.3, -0.25) is 4.79 Å². The smallest absolute Gasteiger partial charge is 0.255 e. The minimum Gasteiger partial charge on any atom is -0.493 e. The number of aryl methyl sites for hydroxylation is 1. The number of amides is 1. The van der Waals surface area contributed by atoms with Gasteiger partial charge in [0, 0.05) is 28.9 Å². The van der Waals surface area contributed by atoms with E-state index in [-0.39, 0.29) is 5.91 Å². The van der Waals surface area contributed by atoms with Crippen LogP contribution in [0.5, 0.6) is 23.1 Å². The maximum absolute atomic E-state index is 13.1. The maximum Gasteiger partial charge on any atom is 0.255 e. The molecule has 0 spiro atoms. The van der Waals surface area contributed by atoms with Gasteiger partial charge in [-0.1, -0.05) is 32.0 Å². The molecule has 0 radical (unpaired) electrons. The molecule has 0 bridgehead atoms. The van der Waals surface area contributed by atoms with Crippen LogP contribution in [0.15, 0.2) is 79.3 Å². The van der Waals surface area contributed by atoms with Crippen molar-refractivity contribution >= 4 is 22.5 Å². The van der Waals surface area contributed by atoms with Gasteiger partial charge < -0.3 is 19.5 Å². The number of hydrogen-bond donors (Lipinski definition) is 1. The number of methoxy groups -OCH3 is 2. The van der Waals surface area contributed by atoms with Gasteiger partial charge in [-0.2, -0.15) is 0 Å². The lowest BCUT2D eigenvalue weighted by Crippen LogP contribution is -2.12. The maximum atomic E-state index is 13.1. The second kappa shape index (κ2) is 11.4. The Morgan fingerprint density at radius 1 is 0.850 bits per heavy atom. The highest BCUT2D eigenvalue weighted by Crippen LogP contribution is 2.38. The lowest BCUT2D eigenvalue weighted by Gasteiger charge is -2.15. The number of hydrogen-bond acceptors (Lipinski definition) is 7. The number of anilines is 1. The molecule has 8 heteroatoms. The van der Waals surface area contributed by atoms with Crippen LogP contribution < -0.4 is 19.5 Å².